The maximum Gasteiger partial charge on any atom is 0.358 e. The third-order valence-corrected chi connectivity index (χ3v) is 5.08. The minimum absolute atomic E-state index is 0.162. The maximum absolute atomic E-state index is 12.3. The van der Waals surface area contributed by atoms with Crippen LogP contribution in [0.25, 0.3) is 0 Å². The first-order chi connectivity index (χ1) is 11.5. The van der Waals surface area contributed by atoms with Crippen molar-refractivity contribution >= 4 is 23.2 Å². The van der Waals surface area contributed by atoms with E-state index in [2.05, 4.69) is 11.1 Å². The van der Waals surface area contributed by atoms with Gasteiger partial charge in [-0.2, -0.15) is 5.26 Å². The van der Waals surface area contributed by atoms with E-state index in [1.54, 1.807) is 19.5 Å². The van der Waals surface area contributed by atoms with Crippen LogP contribution in [0.15, 0.2) is 5.38 Å². The number of ether oxygens (including phenoxy) is 2. The molecule has 1 heterocycles. The monoisotopic (exact) mass is 351 g/mol. The summed E-state index contributed by atoms with van der Waals surface area (Å²) in [6.45, 7) is -0.0692. The molecule has 130 valence electrons. The number of esters is 1. The van der Waals surface area contributed by atoms with Gasteiger partial charge in [-0.15, -0.1) is 11.3 Å². The Morgan fingerprint density at radius 1 is 1.42 bits per heavy atom. The van der Waals surface area contributed by atoms with Crippen molar-refractivity contribution in [3.8, 4) is 6.07 Å². The van der Waals surface area contributed by atoms with Crippen molar-refractivity contribution in [2.24, 2.45) is 0 Å². The lowest BCUT2D eigenvalue weighted by Crippen LogP contribution is -2.51. The average Bonchev–Trinajstić information content (AvgIpc) is 3.08. The molecule has 0 aromatic carbocycles. The van der Waals surface area contributed by atoms with E-state index in [0.717, 1.165) is 19.3 Å². The molecule has 1 saturated carbocycles. The highest BCUT2D eigenvalue weighted by atomic mass is 32.1. The SMILES string of the molecule is COCc1nc(C(=O)OCC(=O)N(C)C2(C#N)CCCCC2)cs1. The van der Waals surface area contributed by atoms with Gasteiger partial charge in [-0.1, -0.05) is 19.3 Å². The van der Waals surface area contributed by atoms with Crippen molar-refractivity contribution in [2.75, 3.05) is 20.8 Å². The molecule has 0 saturated heterocycles. The van der Waals surface area contributed by atoms with E-state index in [1.165, 1.54) is 16.2 Å². The third-order valence-electron chi connectivity index (χ3n) is 4.26. The number of nitrogens with zero attached hydrogens (tertiary/aromatic N) is 3. The van der Waals surface area contributed by atoms with Crippen LogP contribution in [0.5, 0.6) is 0 Å². The molecule has 2 rings (SSSR count). The summed E-state index contributed by atoms with van der Waals surface area (Å²) in [5.41, 5.74) is -0.622. The number of aromatic nitrogens is 1. The number of amides is 1. The fourth-order valence-electron chi connectivity index (χ4n) is 2.79. The number of carbonyl (C=O) groups is 2. The number of hydrogen-bond acceptors (Lipinski definition) is 7. The Morgan fingerprint density at radius 3 is 2.75 bits per heavy atom. The van der Waals surface area contributed by atoms with Crippen molar-refractivity contribution < 1.29 is 19.1 Å². The predicted octanol–water partition coefficient (Wildman–Crippen LogP) is 2.13. The van der Waals surface area contributed by atoms with Gasteiger partial charge in [0, 0.05) is 19.5 Å². The van der Waals surface area contributed by atoms with Gasteiger partial charge in [0.1, 0.15) is 10.5 Å². The van der Waals surface area contributed by atoms with Crippen LogP contribution in [-0.2, 0) is 20.9 Å². The lowest BCUT2D eigenvalue weighted by atomic mass is 9.81. The first-order valence-electron chi connectivity index (χ1n) is 7.81. The number of nitriles is 1. The minimum Gasteiger partial charge on any atom is -0.451 e. The number of carbonyl (C=O) groups excluding carboxylic acids is 2. The fourth-order valence-corrected chi connectivity index (χ4v) is 3.52. The van der Waals surface area contributed by atoms with Crippen LogP contribution in [0.2, 0.25) is 0 Å². The fraction of sp³-hybridized carbons (Fsp3) is 0.625. The number of hydrogen-bond donors (Lipinski definition) is 0. The zero-order valence-corrected chi connectivity index (χ0v) is 14.7. The first kappa shape index (κ1) is 18.4. The highest BCUT2D eigenvalue weighted by Crippen LogP contribution is 2.32. The maximum atomic E-state index is 12.3. The summed E-state index contributed by atoms with van der Waals surface area (Å²) in [7, 11) is 3.15. The van der Waals surface area contributed by atoms with Crippen LogP contribution in [0.1, 0.15) is 47.6 Å². The largest absolute Gasteiger partial charge is 0.451 e. The smallest absolute Gasteiger partial charge is 0.358 e. The Labute approximate surface area is 145 Å². The van der Waals surface area contributed by atoms with E-state index in [0.29, 0.717) is 24.5 Å². The Bertz CT molecular complexity index is 632. The highest BCUT2D eigenvalue weighted by molar-refractivity contribution is 7.09. The summed E-state index contributed by atoms with van der Waals surface area (Å²) < 4.78 is 9.99. The molecule has 0 bridgehead atoms. The van der Waals surface area contributed by atoms with Crippen molar-refractivity contribution in [3.63, 3.8) is 0 Å². The van der Waals surface area contributed by atoms with Crippen molar-refractivity contribution in [3.05, 3.63) is 16.1 Å². The van der Waals surface area contributed by atoms with E-state index in [-0.39, 0.29) is 11.6 Å². The summed E-state index contributed by atoms with van der Waals surface area (Å²) in [4.78, 5) is 29.8. The zero-order valence-electron chi connectivity index (χ0n) is 13.9. The van der Waals surface area contributed by atoms with Crippen LogP contribution in [-0.4, -0.2) is 48.1 Å². The quantitative estimate of drug-likeness (QED) is 0.729. The minimum atomic E-state index is -0.784. The van der Waals surface area contributed by atoms with E-state index >= 15 is 0 Å². The van der Waals surface area contributed by atoms with E-state index in [9.17, 15) is 14.9 Å². The summed E-state index contributed by atoms with van der Waals surface area (Å²) in [5, 5.41) is 11.7. The van der Waals surface area contributed by atoms with Crippen LogP contribution in [0.3, 0.4) is 0 Å². The van der Waals surface area contributed by atoms with Crippen LogP contribution in [0, 0.1) is 11.3 Å². The molecule has 8 heteroatoms. The zero-order chi connectivity index (χ0) is 17.6. The average molecular weight is 351 g/mol. The van der Waals surface area contributed by atoms with Gasteiger partial charge in [0.2, 0.25) is 0 Å². The lowest BCUT2D eigenvalue weighted by molar-refractivity contribution is -0.138. The van der Waals surface area contributed by atoms with Gasteiger partial charge in [-0.3, -0.25) is 4.79 Å². The van der Waals surface area contributed by atoms with Crippen LogP contribution < -0.4 is 0 Å². The van der Waals surface area contributed by atoms with Crippen molar-refractivity contribution in [1.29, 1.82) is 5.26 Å². The molecular formula is C16H21N3O4S. The standard InChI is InChI=1S/C16H21N3O4S/c1-19(16(11-17)6-4-3-5-7-16)14(20)9-23-15(21)12-10-24-13(18-12)8-22-2/h10H,3-9H2,1-2H3. The van der Waals surface area contributed by atoms with E-state index in [1.807, 2.05) is 0 Å². The molecule has 0 radical (unpaired) electrons. The second-order valence-electron chi connectivity index (χ2n) is 5.79. The predicted molar refractivity (Wildman–Crippen MR) is 87.3 cm³/mol. The molecule has 0 atom stereocenters. The summed E-state index contributed by atoms with van der Waals surface area (Å²) >= 11 is 1.29. The number of rotatable bonds is 6. The normalized spacial score (nSPS) is 16.2. The highest BCUT2D eigenvalue weighted by Gasteiger charge is 2.39. The van der Waals surface area contributed by atoms with Gasteiger partial charge >= 0.3 is 5.97 Å². The molecule has 0 N–H and O–H groups in total. The number of likely N-dealkylation sites (N-methyl/N-ethyl adjacent to an activating group) is 1. The van der Waals surface area contributed by atoms with E-state index < -0.39 is 18.1 Å². The molecule has 0 unspecified atom stereocenters. The molecule has 0 spiro atoms. The lowest BCUT2D eigenvalue weighted by Gasteiger charge is -2.38. The molecule has 1 aromatic heterocycles. The van der Waals surface area contributed by atoms with Crippen LogP contribution >= 0.6 is 11.3 Å². The molecule has 0 aliphatic heterocycles. The molecule has 1 aliphatic rings. The Hall–Kier alpha value is -1.98. The molecule has 1 aliphatic carbocycles. The number of thiazole rings is 1. The summed E-state index contributed by atoms with van der Waals surface area (Å²) in [5.74, 6) is -1.02. The first-order valence-corrected chi connectivity index (χ1v) is 8.69. The van der Waals surface area contributed by atoms with Gasteiger partial charge in [0.05, 0.1) is 12.7 Å². The Balaban J connectivity index is 1.91. The Kier molecular flexibility index (Phi) is 6.29. The Morgan fingerprint density at radius 2 is 2.12 bits per heavy atom. The van der Waals surface area contributed by atoms with Gasteiger partial charge < -0.3 is 14.4 Å². The molecule has 7 nitrogen and oxygen atoms in total. The van der Waals surface area contributed by atoms with Crippen molar-refractivity contribution in [2.45, 2.75) is 44.2 Å². The molecule has 1 fully saturated rings. The van der Waals surface area contributed by atoms with Gasteiger partial charge in [0.25, 0.3) is 5.91 Å². The van der Waals surface area contributed by atoms with Gasteiger partial charge in [-0.05, 0) is 12.8 Å². The summed E-state index contributed by atoms with van der Waals surface area (Å²) in [6, 6.07) is 2.27. The van der Waals surface area contributed by atoms with Gasteiger partial charge in [0.15, 0.2) is 12.3 Å². The van der Waals surface area contributed by atoms with E-state index in [4.69, 9.17) is 9.47 Å². The molecular weight excluding hydrogens is 330 g/mol. The van der Waals surface area contributed by atoms with Crippen LogP contribution in [0.4, 0.5) is 0 Å². The second-order valence-corrected chi connectivity index (χ2v) is 6.74. The molecule has 1 aromatic rings. The number of methoxy groups -OCH3 is 1. The molecule has 1 amide bonds. The van der Waals surface area contributed by atoms with Gasteiger partial charge in [-0.25, -0.2) is 9.78 Å². The third kappa shape index (κ3) is 4.10. The molecule has 24 heavy (non-hydrogen) atoms. The topological polar surface area (TPSA) is 92.5 Å². The summed E-state index contributed by atoms with van der Waals surface area (Å²) in [6.07, 6.45) is 4.24. The van der Waals surface area contributed by atoms with Crippen molar-refractivity contribution in [1.82, 2.24) is 9.88 Å². The second kappa shape index (κ2) is 8.22.